The monoisotopic (exact) mass is 346 g/mol. The zero-order valence-corrected chi connectivity index (χ0v) is 15.0. The Balaban J connectivity index is 1.61. The lowest BCUT2D eigenvalue weighted by molar-refractivity contribution is 0.0950. The first-order valence-corrected chi connectivity index (χ1v) is 8.66. The maximum absolute atomic E-state index is 12.2. The van der Waals surface area contributed by atoms with Gasteiger partial charge in [0.2, 0.25) is 5.95 Å². The Labute approximate surface area is 153 Å². The topological polar surface area (TPSA) is 66.9 Å². The second kappa shape index (κ2) is 8.25. The number of amides is 1. The molecule has 0 atom stereocenters. The Bertz CT molecular complexity index is 873. The summed E-state index contributed by atoms with van der Waals surface area (Å²) in [5.74, 6) is 0.284. The Morgan fingerprint density at radius 2 is 1.69 bits per heavy atom. The van der Waals surface area contributed by atoms with Crippen molar-refractivity contribution in [3.63, 3.8) is 0 Å². The van der Waals surface area contributed by atoms with E-state index >= 15 is 0 Å². The molecule has 3 rings (SSSR count). The molecule has 1 aromatic heterocycles. The van der Waals surface area contributed by atoms with E-state index in [1.54, 1.807) is 0 Å². The summed E-state index contributed by atoms with van der Waals surface area (Å²) < 4.78 is 0. The number of hydrogen-bond acceptors (Lipinski definition) is 4. The summed E-state index contributed by atoms with van der Waals surface area (Å²) in [4.78, 5) is 20.8. The van der Waals surface area contributed by atoms with Crippen LogP contribution in [0, 0.1) is 6.92 Å². The first kappa shape index (κ1) is 17.6. The van der Waals surface area contributed by atoms with E-state index in [1.165, 1.54) is 23.5 Å². The molecule has 26 heavy (non-hydrogen) atoms. The van der Waals surface area contributed by atoms with Crippen LogP contribution in [0.4, 0.5) is 11.6 Å². The molecule has 0 fully saturated rings. The van der Waals surface area contributed by atoms with Gasteiger partial charge in [0.1, 0.15) is 0 Å². The van der Waals surface area contributed by atoms with Crippen LogP contribution in [0.15, 0.2) is 60.9 Å². The summed E-state index contributed by atoms with van der Waals surface area (Å²) in [5, 5.41) is 6.08. The molecule has 0 saturated heterocycles. The fraction of sp³-hybridized carbons (Fsp3) is 0.190. The van der Waals surface area contributed by atoms with Crippen molar-refractivity contribution in [2.24, 2.45) is 0 Å². The highest BCUT2D eigenvalue weighted by Gasteiger charge is 2.08. The quantitative estimate of drug-likeness (QED) is 0.707. The summed E-state index contributed by atoms with van der Waals surface area (Å²) in [6.07, 6.45) is 3.99. The highest BCUT2D eigenvalue weighted by Crippen LogP contribution is 2.18. The lowest BCUT2D eigenvalue weighted by atomic mass is 10.1. The molecule has 0 spiro atoms. The van der Waals surface area contributed by atoms with Crippen molar-refractivity contribution in [1.29, 1.82) is 0 Å². The summed E-state index contributed by atoms with van der Waals surface area (Å²) in [6.45, 7) is 4.61. The maximum Gasteiger partial charge on any atom is 0.254 e. The van der Waals surface area contributed by atoms with Gasteiger partial charge in [0.25, 0.3) is 5.91 Å². The molecule has 3 aromatic rings. The number of anilines is 2. The van der Waals surface area contributed by atoms with Gasteiger partial charge < -0.3 is 10.6 Å². The lowest BCUT2D eigenvalue weighted by Gasteiger charge is -2.10. The van der Waals surface area contributed by atoms with Crippen LogP contribution in [0.25, 0.3) is 0 Å². The number of rotatable bonds is 6. The standard InChI is InChI=1S/C21H22N4O/c1-3-17-6-4-5-7-19(17)25-21-23-13-18(14-24-21)20(26)22-12-16-10-8-15(2)9-11-16/h4-11,13-14H,3,12H2,1-2H3,(H,22,26)(H,23,24,25). The molecule has 0 aliphatic heterocycles. The fourth-order valence-electron chi connectivity index (χ4n) is 2.57. The van der Waals surface area contributed by atoms with E-state index in [-0.39, 0.29) is 5.91 Å². The molecule has 0 bridgehead atoms. The van der Waals surface area contributed by atoms with Gasteiger partial charge in [0.15, 0.2) is 0 Å². The minimum atomic E-state index is -0.189. The van der Waals surface area contributed by atoms with Crippen molar-refractivity contribution in [3.05, 3.63) is 83.2 Å². The summed E-state index contributed by atoms with van der Waals surface area (Å²) >= 11 is 0. The second-order valence-electron chi connectivity index (χ2n) is 6.10. The molecular weight excluding hydrogens is 324 g/mol. The predicted molar refractivity (Wildman–Crippen MR) is 103 cm³/mol. The third kappa shape index (κ3) is 4.45. The van der Waals surface area contributed by atoms with Crippen molar-refractivity contribution in [2.75, 3.05) is 5.32 Å². The number of benzene rings is 2. The van der Waals surface area contributed by atoms with Crippen molar-refractivity contribution in [3.8, 4) is 0 Å². The number of para-hydroxylation sites is 1. The van der Waals surface area contributed by atoms with Gasteiger partial charge >= 0.3 is 0 Å². The average molecular weight is 346 g/mol. The van der Waals surface area contributed by atoms with Gasteiger partial charge in [0.05, 0.1) is 5.56 Å². The van der Waals surface area contributed by atoms with Crippen LogP contribution in [0.2, 0.25) is 0 Å². The molecule has 132 valence electrons. The largest absolute Gasteiger partial charge is 0.348 e. The zero-order chi connectivity index (χ0) is 18.4. The van der Waals surface area contributed by atoms with E-state index in [4.69, 9.17) is 0 Å². The minimum Gasteiger partial charge on any atom is -0.348 e. The van der Waals surface area contributed by atoms with Gasteiger partial charge in [-0.2, -0.15) is 0 Å². The molecule has 0 saturated carbocycles. The Morgan fingerprint density at radius 1 is 1.00 bits per heavy atom. The molecule has 0 aliphatic rings. The number of carbonyl (C=O) groups is 1. The number of hydrogen-bond donors (Lipinski definition) is 2. The van der Waals surface area contributed by atoms with Gasteiger partial charge in [-0.15, -0.1) is 0 Å². The minimum absolute atomic E-state index is 0.189. The summed E-state index contributed by atoms with van der Waals surface area (Å²) in [6, 6.07) is 16.1. The van der Waals surface area contributed by atoms with Gasteiger partial charge in [-0.1, -0.05) is 55.0 Å². The van der Waals surface area contributed by atoms with Gasteiger partial charge in [0, 0.05) is 24.6 Å². The van der Waals surface area contributed by atoms with E-state index in [0.29, 0.717) is 18.1 Å². The molecule has 5 heteroatoms. The molecule has 0 aliphatic carbocycles. The molecule has 1 amide bonds. The van der Waals surface area contributed by atoms with Crippen molar-refractivity contribution < 1.29 is 4.79 Å². The highest BCUT2D eigenvalue weighted by molar-refractivity contribution is 5.93. The van der Waals surface area contributed by atoms with Crippen molar-refractivity contribution >= 4 is 17.5 Å². The second-order valence-corrected chi connectivity index (χ2v) is 6.10. The summed E-state index contributed by atoms with van der Waals surface area (Å²) in [7, 11) is 0. The molecule has 0 radical (unpaired) electrons. The number of nitrogens with one attached hydrogen (secondary N) is 2. The number of aromatic nitrogens is 2. The SMILES string of the molecule is CCc1ccccc1Nc1ncc(C(=O)NCc2ccc(C)cc2)cn1. The third-order valence-corrected chi connectivity index (χ3v) is 4.13. The maximum atomic E-state index is 12.2. The normalized spacial score (nSPS) is 10.4. The van der Waals surface area contributed by atoms with Crippen LogP contribution < -0.4 is 10.6 Å². The Hall–Kier alpha value is -3.21. The predicted octanol–water partition coefficient (Wildman–Crippen LogP) is 4.02. The third-order valence-electron chi connectivity index (χ3n) is 4.13. The van der Waals surface area contributed by atoms with Crippen LogP contribution in [0.5, 0.6) is 0 Å². The van der Waals surface area contributed by atoms with Gasteiger partial charge in [-0.25, -0.2) is 9.97 Å². The summed E-state index contributed by atoms with van der Waals surface area (Å²) in [5.41, 5.74) is 4.86. The smallest absolute Gasteiger partial charge is 0.254 e. The molecule has 2 N–H and O–H groups in total. The Morgan fingerprint density at radius 3 is 2.38 bits per heavy atom. The number of nitrogens with zero attached hydrogens (tertiary/aromatic N) is 2. The fourth-order valence-corrected chi connectivity index (χ4v) is 2.57. The zero-order valence-electron chi connectivity index (χ0n) is 15.0. The van der Waals surface area contributed by atoms with E-state index in [0.717, 1.165) is 17.7 Å². The van der Waals surface area contributed by atoms with Crippen LogP contribution in [-0.4, -0.2) is 15.9 Å². The van der Waals surface area contributed by atoms with E-state index in [9.17, 15) is 4.79 Å². The van der Waals surface area contributed by atoms with Crippen LogP contribution in [0.1, 0.15) is 34.0 Å². The van der Waals surface area contributed by atoms with E-state index in [2.05, 4.69) is 33.6 Å². The molecule has 5 nitrogen and oxygen atoms in total. The van der Waals surface area contributed by atoms with Crippen LogP contribution in [-0.2, 0) is 13.0 Å². The van der Waals surface area contributed by atoms with Gasteiger partial charge in [-0.05, 0) is 30.5 Å². The van der Waals surface area contributed by atoms with E-state index in [1.807, 2.05) is 49.4 Å². The average Bonchev–Trinajstić information content (AvgIpc) is 2.68. The van der Waals surface area contributed by atoms with Crippen LogP contribution in [0.3, 0.4) is 0 Å². The highest BCUT2D eigenvalue weighted by atomic mass is 16.1. The first-order chi connectivity index (χ1) is 12.7. The molecular formula is C21H22N4O. The Kier molecular flexibility index (Phi) is 5.59. The van der Waals surface area contributed by atoms with Crippen LogP contribution >= 0.6 is 0 Å². The first-order valence-electron chi connectivity index (χ1n) is 8.66. The van der Waals surface area contributed by atoms with E-state index < -0.39 is 0 Å². The molecule has 2 aromatic carbocycles. The van der Waals surface area contributed by atoms with Crippen molar-refractivity contribution in [2.45, 2.75) is 26.8 Å². The number of carbonyl (C=O) groups excluding carboxylic acids is 1. The number of aryl methyl sites for hydroxylation is 2. The molecule has 0 unspecified atom stereocenters. The van der Waals surface area contributed by atoms with Crippen molar-refractivity contribution in [1.82, 2.24) is 15.3 Å². The van der Waals surface area contributed by atoms with Gasteiger partial charge in [-0.3, -0.25) is 4.79 Å². The molecule has 1 heterocycles. The lowest BCUT2D eigenvalue weighted by Crippen LogP contribution is -2.23.